The Labute approximate surface area is 193 Å². The van der Waals surface area contributed by atoms with Crippen LogP contribution < -0.4 is 14.8 Å². The summed E-state index contributed by atoms with van der Waals surface area (Å²) in [6.07, 6.45) is 5.21. The highest BCUT2D eigenvalue weighted by Gasteiger charge is 2.24. The average Bonchev–Trinajstić information content (AvgIpc) is 3.40. The van der Waals surface area contributed by atoms with Crippen LogP contribution in [0.4, 0.5) is 5.13 Å². The largest absolute Gasteiger partial charge is 0.494 e. The fourth-order valence-corrected chi connectivity index (χ4v) is 4.38. The second-order valence-corrected chi connectivity index (χ2v) is 8.88. The Hall–Kier alpha value is -2.82. The van der Waals surface area contributed by atoms with Crippen molar-refractivity contribution >= 4 is 34.0 Å². The van der Waals surface area contributed by atoms with Crippen LogP contribution in [0.15, 0.2) is 24.5 Å². The Morgan fingerprint density at radius 1 is 1.25 bits per heavy atom. The smallest absolute Gasteiger partial charge is 0.295 e. The van der Waals surface area contributed by atoms with Gasteiger partial charge in [0.05, 0.1) is 31.6 Å². The van der Waals surface area contributed by atoms with E-state index in [-0.39, 0.29) is 11.3 Å². The Kier molecular flexibility index (Phi) is 6.83. The molecule has 0 aromatic carbocycles. The number of aliphatic hydroxyl groups excluding tert-OH is 1. The van der Waals surface area contributed by atoms with Gasteiger partial charge in [-0.15, -0.1) is 5.10 Å². The molecule has 0 saturated heterocycles. The lowest BCUT2D eigenvalue weighted by Gasteiger charge is -2.13. The van der Waals surface area contributed by atoms with Crippen LogP contribution in [0.3, 0.4) is 0 Å². The van der Waals surface area contributed by atoms with Crippen LogP contribution in [0.1, 0.15) is 35.3 Å². The van der Waals surface area contributed by atoms with Crippen LogP contribution >= 0.6 is 22.9 Å². The van der Waals surface area contributed by atoms with E-state index in [4.69, 9.17) is 21.1 Å². The van der Waals surface area contributed by atoms with E-state index in [1.807, 2.05) is 6.92 Å². The Balaban J connectivity index is 1.51. The molecule has 3 heterocycles. The Bertz CT molecular complexity index is 1130. The summed E-state index contributed by atoms with van der Waals surface area (Å²) in [5, 5.41) is 21.3. The third-order valence-corrected chi connectivity index (χ3v) is 6.17. The molecule has 168 valence electrons. The second kappa shape index (κ2) is 9.76. The minimum absolute atomic E-state index is 0.251. The van der Waals surface area contributed by atoms with Crippen molar-refractivity contribution in [1.82, 2.24) is 20.2 Å². The van der Waals surface area contributed by atoms with E-state index in [0.29, 0.717) is 45.3 Å². The van der Waals surface area contributed by atoms with E-state index >= 15 is 0 Å². The molecule has 0 unspecified atom stereocenters. The van der Waals surface area contributed by atoms with Gasteiger partial charge in [-0.05, 0) is 55.6 Å². The van der Waals surface area contributed by atoms with Crippen molar-refractivity contribution in [3.05, 3.63) is 40.9 Å². The maximum atomic E-state index is 13.0. The third kappa shape index (κ3) is 5.14. The molecule has 1 aliphatic rings. The number of rotatable bonds is 7. The molecule has 11 heteroatoms. The number of aliphatic hydroxyl groups is 1. The first-order chi connectivity index (χ1) is 15.4. The van der Waals surface area contributed by atoms with E-state index in [0.717, 1.165) is 36.3 Å². The molecule has 2 atom stereocenters. The number of ether oxygens (including phenoxy) is 2. The highest BCUT2D eigenvalue weighted by atomic mass is 35.5. The van der Waals surface area contributed by atoms with Gasteiger partial charge in [-0.1, -0.05) is 16.7 Å². The zero-order valence-corrected chi connectivity index (χ0v) is 19.1. The lowest BCUT2D eigenvalue weighted by molar-refractivity contribution is 0.102. The summed E-state index contributed by atoms with van der Waals surface area (Å²) in [6.45, 7) is 2.30. The number of methoxy groups -OCH3 is 1. The summed E-state index contributed by atoms with van der Waals surface area (Å²) in [7, 11) is 1.53. The maximum Gasteiger partial charge on any atom is 0.295 e. The number of anilines is 1. The first kappa shape index (κ1) is 22.4. The SMILES string of the molecule is COc1cnc(Cl)cc1-c1cc(C)ncc1C(=O)Nc1nnc(OC[C@H]2CC[C@@H](O)C2)s1. The molecule has 4 rings (SSSR count). The van der Waals surface area contributed by atoms with Crippen LogP contribution in [0.5, 0.6) is 10.9 Å². The van der Waals surface area contributed by atoms with E-state index < -0.39 is 5.91 Å². The lowest BCUT2D eigenvalue weighted by Crippen LogP contribution is -2.14. The topological polar surface area (TPSA) is 119 Å². The van der Waals surface area contributed by atoms with Crippen molar-refractivity contribution in [2.75, 3.05) is 19.0 Å². The summed E-state index contributed by atoms with van der Waals surface area (Å²) < 4.78 is 11.1. The third-order valence-electron chi connectivity index (χ3n) is 5.21. The maximum absolute atomic E-state index is 13.0. The number of amides is 1. The van der Waals surface area contributed by atoms with E-state index in [1.165, 1.54) is 19.5 Å². The minimum atomic E-state index is -0.399. The number of carbonyl (C=O) groups excluding carboxylic acids is 1. The Morgan fingerprint density at radius 3 is 2.84 bits per heavy atom. The van der Waals surface area contributed by atoms with Gasteiger partial charge >= 0.3 is 0 Å². The van der Waals surface area contributed by atoms with Crippen molar-refractivity contribution in [2.24, 2.45) is 5.92 Å². The second-order valence-electron chi connectivity index (χ2n) is 7.55. The van der Waals surface area contributed by atoms with Crippen LogP contribution in [-0.4, -0.2) is 51.0 Å². The van der Waals surface area contributed by atoms with Crippen molar-refractivity contribution in [2.45, 2.75) is 32.3 Å². The molecule has 1 fully saturated rings. The molecule has 0 aliphatic heterocycles. The predicted molar refractivity (Wildman–Crippen MR) is 120 cm³/mol. The number of hydrogen-bond donors (Lipinski definition) is 2. The van der Waals surface area contributed by atoms with E-state index in [2.05, 4.69) is 25.5 Å². The first-order valence-electron chi connectivity index (χ1n) is 10.0. The highest BCUT2D eigenvalue weighted by molar-refractivity contribution is 7.17. The summed E-state index contributed by atoms with van der Waals surface area (Å²) in [5.41, 5.74) is 2.30. The molecule has 32 heavy (non-hydrogen) atoms. The van der Waals surface area contributed by atoms with Gasteiger partial charge in [0.15, 0.2) is 0 Å². The number of pyridine rings is 2. The fraction of sp³-hybridized carbons (Fsp3) is 0.381. The highest BCUT2D eigenvalue weighted by Crippen LogP contribution is 2.34. The molecule has 0 radical (unpaired) electrons. The molecule has 1 amide bonds. The molecule has 2 N–H and O–H groups in total. The average molecular weight is 476 g/mol. The van der Waals surface area contributed by atoms with Crippen molar-refractivity contribution < 1.29 is 19.4 Å². The number of aromatic nitrogens is 4. The zero-order valence-electron chi connectivity index (χ0n) is 17.5. The van der Waals surface area contributed by atoms with Crippen LogP contribution in [0.25, 0.3) is 11.1 Å². The standard InChI is InChI=1S/C21H22ClN5O4S/c1-11-5-14(15-7-18(22)24-9-17(15)30-2)16(8-23-11)19(29)25-20-26-27-21(32-20)31-10-12-3-4-13(28)6-12/h5,7-9,12-13,28H,3-4,6,10H2,1-2H3,(H,25,26,29)/t12-,13+/m0/s1. The van der Waals surface area contributed by atoms with Gasteiger partial charge < -0.3 is 14.6 Å². The first-order valence-corrected chi connectivity index (χ1v) is 11.2. The van der Waals surface area contributed by atoms with Gasteiger partial charge in [-0.2, -0.15) is 0 Å². The molecule has 0 spiro atoms. The monoisotopic (exact) mass is 475 g/mol. The number of nitrogens with one attached hydrogen (secondary N) is 1. The molecular formula is C21H22ClN5O4S. The van der Waals surface area contributed by atoms with Gasteiger partial charge in [0.25, 0.3) is 11.1 Å². The van der Waals surface area contributed by atoms with Gasteiger partial charge in [0, 0.05) is 23.0 Å². The fourth-order valence-electron chi connectivity index (χ4n) is 3.63. The van der Waals surface area contributed by atoms with Gasteiger partial charge in [0.2, 0.25) is 5.13 Å². The Morgan fingerprint density at radius 2 is 2.09 bits per heavy atom. The van der Waals surface area contributed by atoms with Gasteiger partial charge in [0.1, 0.15) is 10.9 Å². The zero-order chi connectivity index (χ0) is 22.7. The number of nitrogens with zero attached hydrogens (tertiary/aromatic N) is 4. The van der Waals surface area contributed by atoms with Crippen LogP contribution in [0, 0.1) is 12.8 Å². The minimum Gasteiger partial charge on any atom is -0.494 e. The molecule has 0 bridgehead atoms. The summed E-state index contributed by atoms with van der Waals surface area (Å²) in [5.74, 6) is 0.386. The van der Waals surface area contributed by atoms with Crippen molar-refractivity contribution in [3.8, 4) is 22.1 Å². The summed E-state index contributed by atoms with van der Waals surface area (Å²) >= 11 is 7.23. The predicted octanol–water partition coefficient (Wildman–Crippen LogP) is 3.76. The summed E-state index contributed by atoms with van der Waals surface area (Å²) in [6, 6.07) is 3.43. The molecule has 9 nitrogen and oxygen atoms in total. The van der Waals surface area contributed by atoms with Crippen LogP contribution in [-0.2, 0) is 0 Å². The number of aryl methyl sites for hydroxylation is 1. The number of carbonyl (C=O) groups is 1. The normalized spacial score (nSPS) is 17.9. The molecule has 3 aromatic rings. The van der Waals surface area contributed by atoms with E-state index in [9.17, 15) is 9.90 Å². The lowest BCUT2D eigenvalue weighted by atomic mass is 10.0. The number of hydrogen-bond acceptors (Lipinski definition) is 9. The quantitative estimate of drug-likeness (QED) is 0.496. The van der Waals surface area contributed by atoms with Crippen LogP contribution in [0.2, 0.25) is 5.15 Å². The van der Waals surface area contributed by atoms with Crippen molar-refractivity contribution in [3.63, 3.8) is 0 Å². The van der Waals surface area contributed by atoms with Crippen molar-refractivity contribution in [1.29, 1.82) is 0 Å². The molecular weight excluding hydrogens is 454 g/mol. The van der Waals surface area contributed by atoms with E-state index in [1.54, 1.807) is 12.1 Å². The molecule has 3 aromatic heterocycles. The molecule has 1 saturated carbocycles. The van der Waals surface area contributed by atoms with Gasteiger partial charge in [-0.3, -0.25) is 15.1 Å². The summed E-state index contributed by atoms with van der Waals surface area (Å²) in [4.78, 5) is 21.3. The molecule has 1 aliphatic carbocycles. The number of halogens is 1. The van der Waals surface area contributed by atoms with Gasteiger partial charge in [-0.25, -0.2) is 4.98 Å².